The van der Waals surface area contributed by atoms with E-state index in [0.717, 1.165) is 11.6 Å². The maximum absolute atomic E-state index is 12.9. The van der Waals surface area contributed by atoms with Crippen LogP contribution in [-0.2, 0) is 14.8 Å². The number of piperazine rings is 1. The zero-order valence-corrected chi connectivity index (χ0v) is 17.2. The number of thiophene rings is 1. The van der Waals surface area contributed by atoms with Crippen LogP contribution in [0.5, 0.6) is 5.75 Å². The van der Waals surface area contributed by atoms with Gasteiger partial charge in [-0.1, -0.05) is 0 Å². The Bertz CT molecular complexity index is 1030. The number of hydrogen-bond acceptors (Lipinski definition) is 7. The molecule has 1 amide bonds. The highest BCUT2D eigenvalue weighted by atomic mass is 32.2. The lowest BCUT2D eigenvalue weighted by atomic mass is 10.3. The number of nitro groups is 1. The number of carbonyl (C=O) groups is 1. The highest BCUT2D eigenvalue weighted by molar-refractivity contribution is 7.89. The van der Waals surface area contributed by atoms with Crippen LogP contribution in [0.15, 0.2) is 46.0 Å². The zero-order chi connectivity index (χ0) is 21.0. The summed E-state index contributed by atoms with van der Waals surface area (Å²) in [6.07, 6.45) is 3.19. The molecule has 0 saturated carbocycles. The molecular formula is C18H19N3O6S2. The van der Waals surface area contributed by atoms with E-state index < -0.39 is 20.6 Å². The SMILES string of the molecule is COc1ccc(S(=O)(=O)N2CCN(C(=O)C=Cc3ccsc3)CC2)cc1[N+](=O)[O-]. The normalized spacial score (nSPS) is 15.6. The van der Waals surface area contributed by atoms with Gasteiger partial charge in [0, 0.05) is 38.3 Å². The van der Waals surface area contributed by atoms with E-state index in [1.807, 2.05) is 16.8 Å². The van der Waals surface area contributed by atoms with Crippen LogP contribution in [0.25, 0.3) is 6.08 Å². The Morgan fingerprint density at radius 3 is 2.55 bits per heavy atom. The van der Waals surface area contributed by atoms with Gasteiger partial charge in [0.1, 0.15) is 0 Å². The molecule has 29 heavy (non-hydrogen) atoms. The molecule has 1 aromatic heterocycles. The van der Waals surface area contributed by atoms with Gasteiger partial charge in [-0.25, -0.2) is 8.42 Å². The number of carbonyl (C=O) groups excluding carboxylic acids is 1. The van der Waals surface area contributed by atoms with Crippen molar-refractivity contribution in [3.05, 3.63) is 56.8 Å². The molecule has 1 saturated heterocycles. The number of methoxy groups -OCH3 is 1. The number of nitrogens with zero attached hydrogens (tertiary/aromatic N) is 3. The van der Waals surface area contributed by atoms with Crippen molar-refractivity contribution in [1.82, 2.24) is 9.21 Å². The fourth-order valence-electron chi connectivity index (χ4n) is 2.91. The lowest BCUT2D eigenvalue weighted by Gasteiger charge is -2.33. The lowest BCUT2D eigenvalue weighted by Crippen LogP contribution is -2.50. The summed E-state index contributed by atoms with van der Waals surface area (Å²) in [7, 11) is -2.64. The fraction of sp³-hybridized carbons (Fsp3) is 0.278. The Kier molecular flexibility index (Phi) is 6.30. The van der Waals surface area contributed by atoms with Gasteiger partial charge in [-0.2, -0.15) is 15.6 Å². The van der Waals surface area contributed by atoms with Crippen molar-refractivity contribution < 1.29 is 22.9 Å². The van der Waals surface area contributed by atoms with Crippen LogP contribution in [0.3, 0.4) is 0 Å². The van der Waals surface area contributed by atoms with E-state index in [4.69, 9.17) is 4.74 Å². The van der Waals surface area contributed by atoms with Crippen LogP contribution in [0.4, 0.5) is 5.69 Å². The number of rotatable bonds is 6. The van der Waals surface area contributed by atoms with E-state index in [-0.39, 0.29) is 42.7 Å². The molecule has 0 spiro atoms. The predicted octanol–water partition coefficient (Wildman–Crippen LogP) is 2.21. The Hall–Kier alpha value is -2.76. The van der Waals surface area contributed by atoms with E-state index in [2.05, 4.69) is 0 Å². The second-order valence-electron chi connectivity index (χ2n) is 6.21. The molecule has 2 heterocycles. The third-order valence-corrected chi connectivity index (χ3v) is 7.09. The number of amides is 1. The van der Waals surface area contributed by atoms with Crippen LogP contribution >= 0.6 is 11.3 Å². The molecule has 0 aliphatic carbocycles. The molecule has 0 bridgehead atoms. The zero-order valence-electron chi connectivity index (χ0n) is 15.6. The summed E-state index contributed by atoms with van der Waals surface area (Å²) in [5, 5.41) is 15.0. The van der Waals surface area contributed by atoms with Crippen molar-refractivity contribution in [2.45, 2.75) is 4.90 Å². The van der Waals surface area contributed by atoms with Gasteiger partial charge in [-0.15, -0.1) is 0 Å². The van der Waals surface area contributed by atoms with E-state index in [9.17, 15) is 23.3 Å². The van der Waals surface area contributed by atoms with Crippen molar-refractivity contribution in [1.29, 1.82) is 0 Å². The molecule has 1 fully saturated rings. The molecule has 1 aliphatic heterocycles. The molecule has 0 radical (unpaired) electrons. The van der Waals surface area contributed by atoms with Crippen LogP contribution in [-0.4, -0.2) is 61.7 Å². The summed E-state index contributed by atoms with van der Waals surface area (Å²) < 4.78 is 31.9. The predicted molar refractivity (Wildman–Crippen MR) is 108 cm³/mol. The molecule has 0 N–H and O–H groups in total. The average molecular weight is 437 g/mol. The van der Waals surface area contributed by atoms with Gasteiger partial charge in [-0.05, 0) is 40.6 Å². The highest BCUT2D eigenvalue weighted by Crippen LogP contribution is 2.30. The van der Waals surface area contributed by atoms with Gasteiger partial charge < -0.3 is 9.64 Å². The number of hydrogen-bond donors (Lipinski definition) is 0. The van der Waals surface area contributed by atoms with Gasteiger partial charge in [0.25, 0.3) is 0 Å². The largest absolute Gasteiger partial charge is 0.490 e. The van der Waals surface area contributed by atoms with E-state index in [1.165, 1.54) is 41.0 Å². The Labute approximate surface area is 172 Å². The smallest absolute Gasteiger partial charge is 0.312 e. The minimum Gasteiger partial charge on any atom is -0.490 e. The van der Waals surface area contributed by atoms with Crippen LogP contribution < -0.4 is 4.74 Å². The van der Waals surface area contributed by atoms with Gasteiger partial charge in [-0.3, -0.25) is 14.9 Å². The van der Waals surface area contributed by atoms with Crippen molar-refractivity contribution in [2.24, 2.45) is 0 Å². The Morgan fingerprint density at radius 2 is 1.97 bits per heavy atom. The topological polar surface area (TPSA) is 110 Å². The molecular weight excluding hydrogens is 418 g/mol. The Balaban J connectivity index is 1.69. The average Bonchev–Trinajstić information content (AvgIpc) is 3.25. The van der Waals surface area contributed by atoms with Crippen LogP contribution in [0.1, 0.15) is 5.56 Å². The number of benzene rings is 1. The van der Waals surface area contributed by atoms with Crippen molar-refractivity contribution in [3.63, 3.8) is 0 Å². The standard InChI is InChI=1S/C18H19N3O6S2/c1-27-17-4-3-15(12-16(17)21(23)24)29(25,26)20-9-7-19(8-10-20)18(22)5-2-14-6-11-28-13-14/h2-6,11-13H,7-10H2,1H3. The molecule has 3 rings (SSSR count). The molecule has 11 heteroatoms. The first-order valence-corrected chi connectivity index (χ1v) is 11.0. The number of sulfonamides is 1. The molecule has 1 aromatic carbocycles. The summed E-state index contributed by atoms with van der Waals surface area (Å²) in [6.45, 7) is 0.703. The monoisotopic (exact) mass is 437 g/mol. The maximum atomic E-state index is 12.9. The first-order valence-electron chi connectivity index (χ1n) is 8.64. The molecule has 154 valence electrons. The van der Waals surface area contributed by atoms with Gasteiger partial charge in [0.15, 0.2) is 5.75 Å². The minimum absolute atomic E-state index is 0.0122. The van der Waals surface area contributed by atoms with Gasteiger partial charge in [0.2, 0.25) is 15.9 Å². The van der Waals surface area contributed by atoms with Crippen molar-refractivity contribution in [3.8, 4) is 5.75 Å². The number of ether oxygens (including phenoxy) is 1. The summed E-state index contributed by atoms with van der Waals surface area (Å²) >= 11 is 1.53. The quantitative estimate of drug-likeness (QED) is 0.389. The van der Waals surface area contributed by atoms with E-state index in [1.54, 1.807) is 11.0 Å². The molecule has 0 unspecified atom stereocenters. The van der Waals surface area contributed by atoms with E-state index >= 15 is 0 Å². The minimum atomic E-state index is -3.92. The molecule has 9 nitrogen and oxygen atoms in total. The van der Waals surface area contributed by atoms with Gasteiger partial charge in [0.05, 0.1) is 16.9 Å². The third-order valence-electron chi connectivity index (χ3n) is 4.50. The summed E-state index contributed by atoms with van der Waals surface area (Å²) in [4.78, 5) is 24.2. The summed E-state index contributed by atoms with van der Waals surface area (Å²) in [5.74, 6) is -0.199. The second-order valence-corrected chi connectivity index (χ2v) is 8.93. The molecule has 1 aliphatic rings. The Morgan fingerprint density at radius 1 is 1.24 bits per heavy atom. The fourth-order valence-corrected chi connectivity index (χ4v) is 4.98. The first-order chi connectivity index (χ1) is 13.8. The lowest BCUT2D eigenvalue weighted by molar-refractivity contribution is -0.386. The first kappa shape index (κ1) is 21.0. The summed E-state index contributed by atoms with van der Waals surface area (Å²) in [5.41, 5.74) is 0.520. The number of nitro benzene ring substituents is 1. The molecule has 0 atom stereocenters. The van der Waals surface area contributed by atoms with Crippen molar-refractivity contribution >= 4 is 39.0 Å². The molecule has 2 aromatic rings. The van der Waals surface area contributed by atoms with Gasteiger partial charge >= 0.3 is 5.69 Å². The third kappa shape index (κ3) is 4.63. The highest BCUT2D eigenvalue weighted by Gasteiger charge is 2.31. The van der Waals surface area contributed by atoms with Crippen LogP contribution in [0.2, 0.25) is 0 Å². The summed E-state index contributed by atoms with van der Waals surface area (Å²) in [6, 6.07) is 5.44. The maximum Gasteiger partial charge on any atom is 0.312 e. The van der Waals surface area contributed by atoms with Crippen molar-refractivity contribution in [2.75, 3.05) is 33.3 Å². The van der Waals surface area contributed by atoms with Crippen LogP contribution in [0, 0.1) is 10.1 Å². The van der Waals surface area contributed by atoms with E-state index in [0.29, 0.717) is 0 Å². The second kappa shape index (κ2) is 8.72.